The zero-order chi connectivity index (χ0) is 25.6. The average Bonchev–Trinajstić information content (AvgIpc) is 3.19. The van der Waals surface area contributed by atoms with Crippen LogP contribution < -0.4 is 4.74 Å². The molecule has 0 aliphatic carbocycles. The van der Waals surface area contributed by atoms with Gasteiger partial charge in [-0.25, -0.2) is 4.79 Å². The summed E-state index contributed by atoms with van der Waals surface area (Å²) in [6, 6.07) is 15.6. The standard InChI is InChI=1S/C26H31NO7S/c1-17(16-35-24(29)19-9-6-5-7-10-19)23(28)27(26(30)31)15-22(13-18(27)2)34-21-12-8-11-20(14-21)25(32-3)33-4/h5-12,14,17-18,22,25H,13,15-16H2,1-4H3/p+1/t17?,18?,22-,27-/m0/s1. The molecule has 1 aliphatic heterocycles. The van der Waals surface area contributed by atoms with Crippen LogP contribution in [0.4, 0.5) is 4.79 Å². The summed E-state index contributed by atoms with van der Waals surface area (Å²) in [7, 11) is 3.08. The maximum absolute atomic E-state index is 13.5. The third-order valence-corrected chi connectivity index (χ3v) is 7.50. The van der Waals surface area contributed by atoms with Gasteiger partial charge in [-0.2, -0.15) is 9.28 Å². The second-order valence-corrected chi connectivity index (χ2v) is 9.73. The average molecular weight is 503 g/mol. The van der Waals surface area contributed by atoms with Crippen molar-refractivity contribution in [1.82, 2.24) is 0 Å². The van der Waals surface area contributed by atoms with E-state index < -0.39 is 40.8 Å². The van der Waals surface area contributed by atoms with E-state index in [2.05, 4.69) is 0 Å². The van der Waals surface area contributed by atoms with Gasteiger partial charge in [-0.3, -0.25) is 4.79 Å². The molecule has 1 saturated heterocycles. The molecule has 1 fully saturated rings. The van der Waals surface area contributed by atoms with Crippen molar-refractivity contribution in [3.05, 3.63) is 65.7 Å². The second kappa shape index (κ2) is 11.8. The number of rotatable bonds is 9. The molecule has 2 aromatic carbocycles. The van der Waals surface area contributed by atoms with E-state index in [0.29, 0.717) is 17.7 Å². The Hall–Kier alpha value is -2.72. The minimum atomic E-state index is -1.20. The lowest BCUT2D eigenvalue weighted by Gasteiger charge is -2.31. The van der Waals surface area contributed by atoms with Gasteiger partial charge in [0.15, 0.2) is 12.4 Å². The summed E-state index contributed by atoms with van der Waals surface area (Å²) < 4.78 is 16.0. The summed E-state index contributed by atoms with van der Waals surface area (Å²) in [5, 5.41) is 10.0. The van der Waals surface area contributed by atoms with E-state index in [4.69, 9.17) is 14.2 Å². The van der Waals surface area contributed by atoms with E-state index in [9.17, 15) is 19.5 Å². The third kappa shape index (κ3) is 5.92. The summed E-state index contributed by atoms with van der Waals surface area (Å²) in [6.07, 6.45) is -1.81. The lowest BCUT2D eigenvalue weighted by atomic mass is 10.1. The fourth-order valence-corrected chi connectivity index (χ4v) is 5.35. The number of ether oxygens (including phenoxy) is 3. The first-order valence-corrected chi connectivity index (χ1v) is 12.4. The topological polar surface area (TPSA) is 99.1 Å². The Morgan fingerprint density at radius 2 is 1.77 bits per heavy atom. The van der Waals surface area contributed by atoms with E-state index in [-0.39, 0.29) is 17.4 Å². The number of carboxylic acid groups (broad SMARTS) is 1. The molecule has 1 aliphatic rings. The van der Waals surface area contributed by atoms with Crippen molar-refractivity contribution >= 4 is 28.9 Å². The Kier molecular flexibility index (Phi) is 9.07. The first-order chi connectivity index (χ1) is 16.7. The first kappa shape index (κ1) is 26.9. The Balaban J connectivity index is 1.70. The van der Waals surface area contributed by atoms with Crippen molar-refractivity contribution in [2.45, 2.75) is 38.7 Å². The van der Waals surface area contributed by atoms with E-state index in [1.807, 2.05) is 18.2 Å². The molecule has 0 saturated carbocycles. The number of imide groups is 1. The molecule has 9 heteroatoms. The number of nitrogens with zero attached hydrogens (tertiary/aromatic N) is 1. The molecule has 1 heterocycles. The fraction of sp³-hybridized carbons (Fsp3) is 0.423. The maximum atomic E-state index is 13.5. The number of thioether (sulfide) groups is 1. The molecule has 0 radical (unpaired) electrons. The third-order valence-electron chi connectivity index (χ3n) is 6.34. The Bertz CT molecular complexity index is 1040. The molecule has 0 spiro atoms. The summed E-state index contributed by atoms with van der Waals surface area (Å²) in [6.45, 7) is 3.45. The highest BCUT2D eigenvalue weighted by Gasteiger charge is 2.58. The molecule has 2 amide bonds. The molecular weight excluding hydrogens is 470 g/mol. The summed E-state index contributed by atoms with van der Waals surface area (Å²) in [5.41, 5.74) is 1.32. The summed E-state index contributed by atoms with van der Waals surface area (Å²) in [5.74, 6) is -0.293. The Morgan fingerprint density at radius 3 is 2.40 bits per heavy atom. The van der Waals surface area contributed by atoms with Gasteiger partial charge in [-0.15, -0.1) is 0 Å². The minimum Gasteiger partial charge on any atom is -0.484 e. The molecule has 8 nitrogen and oxygen atoms in total. The van der Waals surface area contributed by atoms with Crippen LogP contribution in [-0.4, -0.2) is 65.4 Å². The first-order valence-electron chi connectivity index (χ1n) is 11.4. The van der Waals surface area contributed by atoms with Crippen LogP contribution in [0.15, 0.2) is 54.6 Å². The van der Waals surface area contributed by atoms with Gasteiger partial charge in [-0.1, -0.05) is 54.2 Å². The quantitative estimate of drug-likeness (QED) is 0.387. The van der Waals surface area contributed by atoms with Crippen LogP contribution in [0.5, 0.6) is 5.75 Å². The molecule has 3 rings (SSSR count). The number of amides is 2. The fourth-order valence-electron chi connectivity index (χ4n) is 4.51. The number of hydrogen-bond acceptors (Lipinski definition) is 7. The van der Waals surface area contributed by atoms with Crippen molar-refractivity contribution in [3.8, 4) is 5.75 Å². The molecular formula is C26H32NO7S+. The Labute approximate surface area is 209 Å². The van der Waals surface area contributed by atoms with Gasteiger partial charge in [0.05, 0.1) is 5.92 Å². The summed E-state index contributed by atoms with van der Waals surface area (Å²) in [4.78, 5) is 38.4. The number of carbonyl (C=O) groups excluding carboxylic acids is 2. The lowest BCUT2D eigenvalue weighted by Crippen LogP contribution is -2.61. The van der Waals surface area contributed by atoms with Crippen LogP contribution in [0.3, 0.4) is 0 Å². The number of carbonyl (C=O) groups is 3. The smallest absolute Gasteiger partial charge is 0.484 e. The number of hydrogen-bond donors (Lipinski definition) is 1. The van der Waals surface area contributed by atoms with Crippen molar-refractivity contribution in [3.63, 3.8) is 0 Å². The predicted molar refractivity (Wildman–Crippen MR) is 132 cm³/mol. The SMILES string of the molecule is COC(OC)c1cccc(O[C@H]2CC(C)[N@+](C(=O)O)(C(=O)C(C)CSC(=O)c3ccccc3)C2)c1. The van der Waals surface area contributed by atoms with Crippen LogP contribution in [0, 0.1) is 5.92 Å². The minimum absolute atomic E-state index is 0.0131. The number of benzene rings is 2. The summed E-state index contributed by atoms with van der Waals surface area (Å²) >= 11 is 1.03. The van der Waals surface area contributed by atoms with Crippen LogP contribution in [0.25, 0.3) is 0 Å². The van der Waals surface area contributed by atoms with Crippen LogP contribution >= 0.6 is 11.8 Å². The van der Waals surface area contributed by atoms with Crippen LogP contribution in [0.2, 0.25) is 0 Å². The van der Waals surface area contributed by atoms with Crippen molar-refractivity contribution < 1.29 is 38.2 Å². The molecule has 188 valence electrons. The van der Waals surface area contributed by atoms with E-state index >= 15 is 0 Å². The van der Waals surface area contributed by atoms with E-state index in [0.717, 1.165) is 17.3 Å². The zero-order valence-corrected chi connectivity index (χ0v) is 21.2. The molecule has 2 aromatic rings. The molecule has 2 unspecified atom stereocenters. The molecule has 35 heavy (non-hydrogen) atoms. The van der Waals surface area contributed by atoms with Gasteiger partial charge in [0.2, 0.25) is 5.12 Å². The normalized spacial score (nSPS) is 22.7. The van der Waals surface area contributed by atoms with Gasteiger partial charge in [0.1, 0.15) is 18.3 Å². The van der Waals surface area contributed by atoms with E-state index in [1.165, 1.54) is 14.2 Å². The second-order valence-electron chi connectivity index (χ2n) is 8.74. The lowest BCUT2D eigenvalue weighted by molar-refractivity contribution is -0.795. The Morgan fingerprint density at radius 1 is 1.09 bits per heavy atom. The van der Waals surface area contributed by atoms with Gasteiger partial charge in [0, 0.05) is 37.5 Å². The molecule has 0 bridgehead atoms. The highest BCUT2D eigenvalue weighted by molar-refractivity contribution is 8.14. The van der Waals surface area contributed by atoms with Gasteiger partial charge in [0.25, 0.3) is 0 Å². The maximum Gasteiger partial charge on any atom is 0.521 e. The number of quaternary nitrogens is 1. The van der Waals surface area contributed by atoms with Gasteiger partial charge >= 0.3 is 12.0 Å². The molecule has 1 N–H and O–H groups in total. The highest BCUT2D eigenvalue weighted by Crippen LogP contribution is 2.34. The molecule has 4 atom stereocenters. The van der Waals surface area contributed by atoms with Crippen LogP contribution in [-0.2, 0) is 14.3 Å². The number of methoxy groups -OCH3 is 2. The van der Waals surface area contributed by atoms with Crippen LogP contribution in [0.1, 0.15) is 42.5 Å². The van der Waals surface area contributed by atoms with Crippen molar-refractivity contribution in [2.75, 3.05) is 26.5 Å². The highest BCUT2D eigenvalue weighted by atomic mass is 32.2. The van der Waals surface area contributed by atoms with Gasteiger partial charge < -0.3 is 19.3 Å². The zero-order valence-electron chi connectivity index (χ0n) is 20.4. The van der Waals surface area contributed by atoms with Crippen molar-refractivity contribution in [2.24, 2.45) is 5.92 Å². The van der Waals surface area contributed by atoms with E-state index in [1.54, 1.807) is 50.2 Å². The van der Waals surface area contributed by atoms with Crippen molar-refractivity contribution in [1.29, 1.82) is 0 Å². The molecule has 0 aromatic heterocycles. The largest absolute Gasteiger partial charge is 0.521 e. The van der Waals surface area contributed by atoms with Gasteiger partial charge in [-0.05, 0) is 26.0 Å². The number of likely N-dealkylation sites (tertiary alicyclic amines) is 1. The predicted octanol–water partition coefficient (Wildman–Crippen LogP) is 4.75. The monoisotopic (exact) mass is 502 g/mol.